The third-order valence-electron chi connectivity index (χ3n) is 3.49. The van der Waals surface area contributed by atoms with E-state index in [-0.39, 0.29) is 17.7 Å². The highest BCUT2D eigenvalue weighted by molar-refractivity contribution is 5.98. The fourth-order valence-electron chi connectivity index (χ4n) is 2.25. The third-order valence-corrected chi connectivity index (χ3v) is 3.49. The molecule has 2 N–H and O–H groups in total. The molecule has 0 aliphatic rings. The van der Waals surface area contributed by atoms with Crippen molar-refractivity contribution in [2.75, 3.05) is 20.8 Å². The first kappa shape index (κ1) is 19.8. The van der Waals surface area contributed by atoms with E-state index < -0.39 is 6.04 Å². The molecule has 0 heterocycles. The number of nitrogens with one attached hydrogen (secondary N) is 2. The summed E-state index contributed by atoms with van der Waals surface area (Å²) in [4.78, 5) is 24.8. The van der Waals surface area contributed by atoms with Crippen LogP contribution in [0.4, 0.5) is 0 Å². The van der Waals surface area contributed by atoms with Crippen molar-refractivity contribution in [3.05, 3.63) is 23.8 Å². The highest BCUT2D eigenvalue weighted by atomic mass is 16.5. The standard InChI is InChI=1S/C18H28N2O4/c1-6-7-19-18(22)16(8-12(2)3)20-17(21)13-9-14(23-4)11-15(10-13)24-5/h9-12,16H,6-8H2,1-5H3,(H,19,22)(H,20,21). The molecule has 0 spiro atoms. The quantitative estimate of drug-likeness (QED) is 0.726. The SMILES string of the molecule is CCCNC(=O)C(CC(C)C)NC(=O)c1cc(OC)cc(OC)c1. The van der Waals surface area contributed by atoms with Crippen LogP contribution in [0.25, 0.3) is 0 Å². The number of carbonyl (C=O) groups excluding carboxylic acids is 2. The van der Waals surface area contributed by atoms with Crippen LogP contribution in [0.5, 0.6) is 11.5 Å². The summed E-state index contributed by atoms with van der Waals surface area (Å²) >= 11 is 0. The first-order valence-corrected chi connectivity index (χ1v) is 8.22. The first-order valence-electron chi connectivity index (χ1n) is 8.22. The molecule has 0 aliphatic heterocycles. The maximum atomic E-state index is 12.5. The van der Waals surface area contributed by atoms with Gasteiger partial charge < -0.3 is 20.1 Å². The van der Waals surface area contributed by atoms with Crippen LogP contribution in [-0.2, 0) is 4.79 Å². The van der Waals surface area contributed by atoms with Crippen LogP contribution in [0, 0.1) is 5.92 Å². The van der Waals surface area contributed by atoms with Crippen LogP contribution >= 0.6 is 0 Å². The van der Waals surface area contributed by atoms with Gasteiger partial charge in [-0.2, -0.15) is 0 Å². The maximum Gasteiger partial charge on any atom is 0.252 e. The second kappa shape index (κ2) is 9.80. The molecule has 0 radical (unpaired) electrons. The summed E-state index contributed by atoms with van der Waals surface area (Å²) in [6, 6.07) is 4.36. The number of hydrogen-bond donors (Lipinski definition) is 2. The van der Waals surface area contributed by atoms with E-state index in [1.54, 1.807) is 18.2 Å². The summed E-state index contributed by atoms with van der Waals surface area (Å²) in [5, 5.41) is 5.65. The lowest BCUT2D eigenvalue weighted by molar-refractivity contribution is -0.123. The van der Waals surface area contributed by atoms with E-state index in [0.717, 1.165) is 6.42 Å². The molecule has 134 valence electrons. The Labute approximate surface area is 143 Å². The maximum absolute atomic E-state index is 12.5. The van der Waals surface area contributed by atoms with Gasteiger partial charge in [0.1, 0.15) is 17.5 Å². The summed E-state index contributed by atoms with van der Waals surface area (Å²) in [5.74, 6) is 0.839. The van der Waals surface area contributed by atoms with Gasteiger partial charge in [0.15, 0.2) is 0 Å². The monoisotopic (exact) mass is 336 g/mol. The molecule has 0 aromatic heterocycles. The first-order chi connectivity index (χ1) is 11.4. The predicted molar refractivity (Wildman–Crippen MR) is 93.6 cm³/mol. The molecular weight excluding hydrogens is 308 g/mol. The Kier molecular flexibility index (Phi) is 8.09. The van der Waals surface area contributed by atoms with Gasteiger partial charge in [-0.25, -0.2) is 0 Å². The van der Waals surface area contributed by atoms with Gasteiger partial charge in [0, 0.05) is 18.2 Å². The van der Waals surface area contributed by atoms with Crippen LogP contribution in [0.1, 0.15) is 44.0 Å². The van der Waals surface area contributed by atoms with Crippen molar-refractivity contribution in [3.63, 3.8) is 0 Å². The number of amides is 2. The lowest BCUT2D eigenvalue weighted by Crippen LogP contribution is -2.47. The summed E-state index contributed by atoms with van der Waals surface area (Å²) in [6.45, 7) is 6.61. The largest absolute Gasteiger partial charge is 0.497 e. The van der Waals surface area contributed by atoms with Gasteiger partial charge in [0.05, 0.1) is 14.2 Å². The molecule has 0 saturated carbocycles. The zero-order chi connectivity index (χ0) is 18.1. The van der Waals surface area contributed by atoms with Gasteiger partial charge in [0.2, 0.25) is 5.91 Å². The molecule has 0 bridgehead atoms. The van der Waals surface area contributed by atoms with Crippen LogP contribution in [0.2, 0.25) is 0 Å². The smallest absolute Gasteiger partial charge is 0.252 e. The van der Waals surface area contributed by atoms with Crippen molar-refractivity contribution in [1.82, 2.24) is 10.6 Å². The normalized spacial score (nSPS) is 11.8. The summed E-state index contributed by atoms with van der Waals surface area (Å²) in [7, 11) is 3.05. The number of rotatable bonds is 9. The number of carbonyl (C=O) groups is 2. The van der Waals surface area contributed by atoms with Gasteiger partial charge in [-0.1, -0.05) is 20.8 Å². The predicted octanol–water partition coefficient (Wildman–Crippen LogP) is 2.37. The van der Waals surface area contributed by atoms with Crippen molar-refractivity contribution in [2.24, 2.45) is 5.92 Å². The van der Waals surface area contributed by atoms with Gasteiger partial charge in [-0.05, 0) is 30.9 Å². The topological polar surface area (TPSA) is 76.7 Å². The second-order valence-electron chi connectivity index (χ2n) is 6.05. The van der Waals surface area contributed by atoms with Gasteiger partial charge >= 0.3 is 0 Å². The minimum Gasteiger partial charge on any atom is -0.497 e. The molecule has 0 aliphatic carbocycles. The molecular formula is C18H28N2O4. The fourth-order valence-corrected chi connectivity index (χ4v) is 2.25. The molecule has 2 amide bonds. The van der Waals surface area contributed by atoms with Crippen molar-refractivity contribution in [1.29, 1.82) is 0 Å². The van der Waals surface area contributed by atoms with E-state index >= 15 is 0 Å². The summed E-state index contributed by atoms with van der Waals surface area (Å²) < 4.78 is 10.4. The molecule has 1 aromatic rings. The Balaban J connectivity index is 2.92. The molecule has 1 unspecified atom stereocenters. The molecule has 1 aromatic carbocycles. The number of ether oxygens (including phenoxy) is 2. The molecule has 24 heavy (non-hydrogen) atoms. The second-order valence-corrected chi connectivity index (χ2v) is 6.05. The molecule has 6 heteroatoms. The third kappa shape index (κ3) is 6.10. The van der Waals surface area contributed by atoms with Gasteiger partial charge in [-0.3, -0.25) is 9.59 Å². The number of benzene rings is 1. The van der Waals surface area contributed by atoms with E-state index in [1.165, 1.54) is 14.2 Å². The minimum absolute atomic E-state index is 0.159. The Morgan fingerprint density at radius 1 is 1.08 bits per heavy atom. The van der Waals surface area contributed by atoms with E-state index in [1.807, 2.05) is 20.8 Å². The minimum atomic E-state index is -0.568. The van der Waals surface area contributed by atoms with E-state index in [4.69, 9.17) is 9.47 Å². The van der Waals surface area contributed by atoms with Crippen LogP contribution in [0.15, 0.2) is 18.2 Å². The molecule has 0 saturated heterocycles. The average molecular weight is 336 g/mol. The Morgan fingerprint density at radius 3 is 2.12 bits per heavy atom. The van der Waals surface area contributed by atoms with E-state index in [2.05, 4.69) is 10.6 Å². The Hall–Kier alpha value is -2.24. The van der Waals surface area contributed by atoms with Gasteiger partial charge in [0.25, 0.3) is 5.91 Å². The lowest BCUT2D eigenvalue weighted by atomic mass is 10.0. The number of methoxy groups -OCH3 is 2. The van der Waals surface area contributed by atoms with Crippen LogP contribution in [-0.4, -0.2) is 38.6 Å². The van der Waals surface area contributed by atoms with Crippen LogP contribution < -0.4 is 20.1 Å². The zero-order valence-corrected chi connectivity index (χ0v) is 15.1. The average Bonchev–Trinajstić information content (AvgIpc) is 2.57. The molecule has 0 fully saturated rings. The lowest BCUT2D eigenvalue weighted by Gasteiger charge is -2.20. The van der Waals surface area contributed by atoms with E-state index in [0.29, 0.717) is 30.0 Å². The van der Waals surface area contributed by atoms with Crippen molar-refractivity contribution in [2.45, 2.75) is 39.7 Å². The molecule has 1 atom stereocenters. The van der Waals surface area contributed by atoms with Crippen molar-refractivity contribution >= 4 is 11.8 Å². The van der Waals surface area contributed by atoms with Gasteiger partial charge in [-0.15, -0.1) is 0 Å². The summed E-state index contributed by atoms with van der Waals surface area (Å²) in [5.41, 5.74) is 0.392. The highest BCUT2D eigenvalue weighted by Crippen LogP contribution is 2.22. The highest BCUT2D eigenvalue weighted by Gasteiger charge is 2.22. The molecule has 1 rings (SSSR count). The van der Waals surface area contributed by atoms with Crippen LogP contribution in [0.3, 0.4) is 0 Å². The van der Waals surface area contributed by atoms with E-state index in [9.17, 15) is 9.59 Å². The van der Waals surface area contributed by atoms with Crippen molar-refractivity contribution < 1.29 is 19.1 Å². The Bertz CT molecular complexity index is 536. The number of hydrogen-bond acceptors (Lipinski definition) is 4. The fraction of sp³-hybridized carbons (Fsp3) is 0.556. The Morgan fingerprint density at radius 2 is 1.67 bits per heavy atom. The zero-order valence-electron chi connectivity index (χ0n) is 15.1. The summed E-state index contributed by atoms with van der Waals surface area (Å²) in [6.07, 6.45) is 1.42. The molecule has 6 nitrogen and oxygen atoms in total. The van der Waals surface area contributed by atoms with Crippen molar-refractivity contribution in [3.8, 4) is 11.5 Å².